The second kappa shape index (κ2) is 8.66. The van der Waals surface area contributed by atoms with Gasteiger partial charge in [0.1, 0.15) is 5.75 Å². The molecule has 0 atom stereocenters. The van der Waals surface area contributed by atoms with Gasteiger partial charge < -0.3 is 15.2 Å². The third kappa shape index (κ3) is 6.74. The van der Waals surface area contributed by atoms with Crippen molar-refractivity contribution < 1.29 is 24.2 Å². The summed E-state index contributed by atoms with van der Waals surface area (Å²) in [6, 6.07) is 4.93. The average Bonchev–Trinajstić information content (AvgIpc) is 2.44. The molecule has 3 amide bonds. The van der Waals surface area contributed by atoms with E-state index in [1.165, 1.54) is 24.3 Å². The predicted octanol–water partition coefficient (Wildman–Crippen LogP) is 1.42. The maximum atomic E-state index is 11.6. The summed E-state index contributed by atoms with van der Waals surface area (Å²) in [4.78, 5) is 34.5. The number of phenols is 1. The summed E-state index contributed by atoms with van der Waals surface area (Å²) in [6.45, 7) is 3.92. The van der Waals surface area contributed by atoms with Crippen molar-refractivity contribution in [1.82, 2.24) is 10.6 Å². The molecule has 0 aliphatic carbocycles. The summed E-state index contributed by atoms with van der Waals surface area (Å²) < 4.78 is 4.75. The number of amides is 3. The Morgan fingerprint density at radius 1 is 1.27 bits per heavy atom. The third-order valence-corrected chi connectivity index (χ3v) is 2.68. The first-order chi connectivity index (χ1) is 10.4. The van der Waals surface area contributed by atoms with Gasteiger partial charge in [-0.3, -0.25) is 10.1 Å². The second-order valence-electron chi connectivity index (χ2n) is 5.11. The van der Waals surface area contributed by atoms with E-state index in [0.717, 1.165) is 6.42 Å². The summed E-state index contributed by atoms with van der Waals surface area (Å²) in [7, 11) is 0. The number of nitrogens with one attached hydrogen (secondary N) is 2. The highest BCUT2D eigenvalue weighted by Gasteiger charge is 2.12. The van der Waals surface area contributed by atoms with E-state index in [9.17, 15) is 19.5 Å². The molecule has 0 bridgehead atoms. The number of ether oxygens (including phenoxy) is 1. The number of imide groups is 1. The first-order valence-corrected chi connectivity index (χ1v) is 6.92. The molecule has 0 saturated carbocycles. The Balaban J connectivity index is 2.30. The van der Waals surface area contributed by atoms with Crippen molar-refractivity contribution >= 4 is 17.9 Å². The molecule has 22 heavy (non-hydrogen) atoms. The number of aromatic hydroxyl groups is 1. The lowest BCUT2D eigenvalue weighted by Gasteiger charge is -2.08. The fourth-order valence-electron chi connectivity index (χ4n) is 1.53. The van der Waals surface area contributed by atoms with Gasteiger partial charge in [0.15, 0.2) is 6.61 Å². The second-order valence-corrected chi connectivity index (χ2v) is 5.11. The molecule has 0 aliphatic rings. The molecule has 0 radical (unpaired) electrons. The molecule has 0 aliphatic heterocycles. The molecule has 0 heterocycles. The van der Waals surface area contributed by atoms with Crippen molar-refractivity contribution in [3.05, 3.63) is 29.8 Å². The van der Waals surface area contributed by atoms with Crippen LogP contribution in [0.4, 0.5) is 4.79 Å². The van der Waals surface area contributed by atoms with Gasteiger partial charge in [0.25, 0.3) is 5.91 Å². The van der Waals surface area contributed by atoms with E-state index in [2.05, 4.69) is 10.6 Å². The van der Waals surface area contributed by atoms with Gasteiger partial charge >= 0.3 is 12.0 Å². The maximum absolute atomic E-state index is 11.6. The number of esters is 1. The molecule has 7 nitrogen and oxygen atoms in total. The number of rotatable bonds is 6. The molecule has 120 valence electrons. The van der Waals surface area contributed by atoms with Crippen LogP contribution in [0.2, 0.25) is 0 Å². The number of carbonyl (C=O) groups is 3. The van der Waals surface area contributed by atoms with Crippen LogP contribution in [-0.4, -0.2) is 36.2 Å². The van der Waals surface area contributed by atoms with Crippen LogP contribution in [-0.2, 0) is 9.53 Å². The Labute approximate surface area is 128 Å². The Morgan fingerprint density at radius 2 is 2.00 bits per heavy atom. The van der Waals surface area contributed by atoms with Gasteiger partial charge in [0.2, 0.25) is 0 Å². The molecule has 3 N–H and O–H groups in total. The summed E-state index contributed by atoms with van der Waals surface area (Å²) in [5, 5.41) is 13.8. The Bertz CT molecular complexity index is 542. The highest BCUT2D eigenvalue weighted by Crippen LogP contribution is 2.11. The molecule has 1 rings (SSSR count). The minimum absolute atomic E-state index is 0.0802. The van der Waals surface area contributed by atoms with Gasteiger partial charge in [0.05, 0.1) is 5.56 Å². The summed E-state index contributed by atoms with van der Waals surface area (Å²) >= 11 is 0. The van der Waals surface area contributed by atoms with Crippen LogP contribution in [0, 0.1) is 5.92 Å². The number of hydrogen-bond donors (Lipinski definition) is 3. The van der Waals surface area contributed by atoms with Crippen molar-refractivity contribution in [3.63, 3.8) is 0 Å². The highest BCUT2D eigenvalue weighted by molar-refractivity contribution is 5.97. The van der Waals surface area contributed by atoms with E-state index in [4.69, 9.17) is 4.74 Å². The fraction of sp³-hybridized carbons (Fsp3) is 0.400. The molecule has 0 unspecified atom stereocenters. The van der Waals surface area contributed by atoms with Crippen LogP contribution in [0.15, 0.2) is 24.3 Å². The normalized spacial score (nSPS) is 10.1. The van der Waals surface area contributed by atoms with Gasteiger partial charge in [-0.1, -0.05) is 19.9 Å². The Hall–Kier alpha value is -2.57. The minimum atomic E-state index is -0.758. The van der Waals surface area contributed by atoms with E-state index < -0.39 is 24.5 Å². The van der Waals surface area contributed by atoms with E-state index in [0.29, 0.717) is 12.5 Å². The van der Waals surface area contributed by atoms with E-state index in [1.807, 2.05) is 13.8 Å². The van der Waals surface area contributed by atoms with Gasteiger partial charge in [0, 0.05) is 6.54 Å². The van der Waals surface area contributed by atoms with E-state index >= 15 is 0 Å². The summed E-state index contributed by atoms with van der Waals surface area (Å²) in [6.07, 6.45) is 0.800. The quantitative estimate of drug-likeness (QED) is 0.689. The number of urea groups is 1. The molecule has 0 saturated heterocycles. The lowest BCUT2D eigenvalue weighted by molar-refractivity contribution is -0.123. The molecule has 0 spiro atoms. The molecule has 7 heteroatoms. The fourth-order valence-corrected chi connectivity index (χ4v) is 1.53. The topological polar surface area (TPSA) is 105 Å². The van der Waals surface area contributed by atoms with Gasteiger partial charge in [-0.05, 0) is 30.5 Å². The van der Waals surface area contributed by atoms with Crippen LogP contribution < -0.4 is 10.6 Å². The van der Waals surface area contributed by atoms with Crippen molar-refractivity contribution in [2.24, 2.45) is 5.92 Å². The Kier molecular flexibility index (Phi) is 6.88. The van der Waals surface area contributed by atoms with Crippen LogP contribution >= 0.6 is 0 Å². The van der Waals surface area contributed by atoms with Crippen molar-refractivity contribution in [1.29, 1.82) is 0 Å². The monoisotopic (exact) mass is 308 g/mol. The van der Waals surface area contributed by atoms with Gasteiger partial charge in [-0.2, -0.15) is 0 Å². The molecule has 1 aromatic carbocycles. The van der Waals surface area contributed by atoms with E-state index in [1.54, 1.807) is 0 Å². The zero-order valence-electron chi connectivity index (χ0n) is 12.6. The van der Waals surface area contributed by atoms with Crippen molar-refractivity contribution in [2.75, 3.05) is 13.2 Å². The van der Waals surface area contributed by atoms with Crippen LogP contribution in [0.25, 0.3) is 0 Å². The SMILES string of the molecule is CC(C)CCNC(=O)NC(=O)COC(=O)c1cccc(O)c1. The summed E-state index contributed by atoms with van der Waals surface area (Å²) in [5.74, 6) is -1.12. The predicted molar refractivity (Wildman–Crippen MR) is 79.4 cm³/mol. The first kappa shape index (κ1) is 17.5. The smallest absolute Gasteiger partial charge is 0.338 e. The number of carbonyl (C=O) groups excluding carboxylic acids is 3. The molecular formula is C15H20N2O5. The number of hydrogen-bond acceptors (Lipinski definition) is 5. The zero-order valence-corrected chi connectivity index (χ0v) is 12.6. The van der Waals surface area contributed by atoms with Crippen LogP contribution in [0.1, 0.15) is 30.6 Å². The third-order valence-electron chi connectivity index (χ3n) is 2.68. The van der Waals surface area contributed by atoms with Crippen LogP contribution in [0.5, 0.6) is 5.75 Å². The number of phenolic OH excluding ortho intramolecular Hbond substituents is 1. The largest absolute Gasteiger partial charge is 0.508 e. The zero-order chi connectivity index (χ0) is 16.5. The maximum Gasteiger partial charge on any atom is 0.338 e. The van der Waals surface area contributed by atoms with Gasteiger partial charge in [-0.25, -0.2) is 9.59 Å². The molecule has 1 aromatic rings. The summed E-state index contributed by atoms with van der Waals surface area (Å²) in [5.41, 5.74) is 0.120. The van der Waals surface area contributed by atoms with Crippen molar-refractivity contribution in [3.8, 4) is 5.75 Å². The molecule has 0 aromatic heterocycles. The highest BCUT2D eigenvalue weighted by atomic mass is 16.5. The van der Waals surface area contributed by atoms with Crippen molar-refractivity contribution in [2.45, 2.75) is 20.3 Å². The molecular weight excluding hydrogens is 288 g/mol. The van der Waals surface area contributed by atoms with E-state index in [-0.39, 0.29) is 11.3 Å². The standard InChI is InChI=1S/C15H20N2O5/c1-10(2)6-7-16-15(21)17-13(19)9-22-14(20)11-4-3-5-12(18)8-11/h3-5,8,10,18H,6-7,9H2,1-2H3,(H2,16,17,19,21). The average molecular weight is 308 g/mol. The first-order valence-electron chi connectivity index (χ1n) is 6.92. The number of benzene rings is 1. The minimum Gasteiger partial charge on any atom is -0.508 e. The van der Waals surface area contributed by atoms with Crippen LogP contribution in [0.3, 0.4) is 0 Å². The lowest BCUT2D eigenvalue weighted by atomic mass is 10.1. The molecule has 0 fully saturated rings. The van der Waals surface area contributed by atoms with Gasteiger partial charge in [-0.15, -0.1) is 0 Å². The Morgan fingerprint density at radius 3 is 2.64 bits per heavy atom. The lowest BCUT2D eigenvalue weighted by Crippen LogP contribution is -2.41.